The quantitative estimate of drug-likeness (QED) is 0.478. The topological polar surface area (TPSA) is 87.6 Å². The molecule has 0 radical (unpaired) electrons. The zero-order valence-corrected chi connectivity index (χ0v) is 10.8. The van der Waals surface area contributed by atoms with E-state index >= 15 is 0 Å². The standard InChI is InChI=1S/C12H18N2O4/c1-12(2,17-3)6-7-18-11-5-4-9(14(15)16)8-10(11)13/h4-5,8H,6-7,13H2,1-3H3. The summed E-state index contributed by atoms with van der Waals surface area (Å²) in [6.07, 6.45) is 0.694. The van der Waals surface area contributed by atoms with Crippen molar-refractivity contribution in [1.29, 1.82) is 0 Å². The molecule has 1 aromatic rings. The zero-order valence-electron chi connectivity index (χ0n) is 10.8. The third-order valence-corrected chi connectivity index (χ3v) is 2.72. The Labute approximate surface area is 106 Å². The molecule has 0 aromatic heterocycles. The number of rotatable bonds is 6. The van der Waals surface area contributed by atoms with Gasteiger partial charge in [-0.15, -0.1) is 0 Å². The summed E-state index contributed by atoms with van der Waals surface area (Å²) in [5.41, 5.74) is 5.63. The van der Waals surface area contributed by atoms with Crippen LogP contribution in [0.15, 0.2) is 18.2 Å². The Hall–Kier alpha value is -1.82. The molecule has 2 N–H and O–H groups in total. The molecular weight excluding hydrogens is 236 g/mol. The third-order valence-electron chi connectivity index (χ3n) is 2.72. The molecule has 0 amide bonds. The van der Waals surface area contributed by atoms with Gasteiger partial charge in [-0.05, 0) is 19.9 Å². The van der Waals surface area contributed by atoms with E-state index < -0.39 is 4.92 Å². The van der Waals surface area contributed by atoms with Crippen molar-refractivity contribution in [2.24, 2.45) is 0 Å². The van der Waals surface area contributed by atoms with Gasteiger partial charge in [-0.25, -0.2) is 0 Å². The van der Waals surface area contributed by atoms with Gasteiger partial charge < -0.3 is 15.2 Å². The van der Waals surface area contributed by atoms with E-state index in [1.807, 2.05) is 13.8 Å². The third kappa shape index (κ3) is 3.89. The minimum Gasteiger partial charge on any atom is -0.491 e. The van der Waals surface area contributed by atoms with Crippen LogP contribution >= 0.6 is 0 Å². The SMILES string of the molecule is COC(C)(C)CCOc1ccc([N+](=O)[O-])cc1N. The highest BCUT2D eigenvalue weighted by Gasteiger charge is 2.16. The summed E-state index contributed by atoms with van der Waals surface area (Å²) in [7, 11) is 1.64. The van der Waals surface area contributed by atoms with Crippen LogP contribution in [0.1, 0.15) is 20.3 Å². The normalized spacial score (nSPS) is 11.3. The lowest BCUT2D eigenvalue weighted by Crippen LogP contribution is -2.25. The summed E-state index contributed by atoms with van der Waals surface area (Å²) in [5.74, 6) is 0.451. The summed E-state index contributed by atoms with van der Waals surface area (Å²) in [6, 6.07) is 4.16. The second-order valence-electron chi connectivity index (χ2n) is 4.54. The van der Waals surface area contributed by atoms with Crippen molar-refractivity contribution in [2.45, 2.75) is 25.9 Å². The lowest BCUT2D eigenvalue weighted by atomic mass is 10.1. The zero-order chi connectivity index (χ0) is 13.8. The molecule has 6 nitrogen and oxygen atoms in total. The van der Waals surface area contributed by atoms with Gasteiger partial charge in [-0.1, -0.05) is 0 Å². The molecule has 0 saturated carbocycles. The number of methoxy groups -OCH3 is 1. The van der Waals surface area contributed by atoms with Gasteiger partial charge >= 0.3 is 0 Å². The van der Waals surface area contributed by atoms with Crippen LogP contribution in [0.3, 0.4) is 0 Å². The van der Waals surface area contributed by atoms with Crippen molar-refractivity contribution in [3.8, 4) is 5.75 Å². The molecule has 0 unspecified atom stereocenters. The fourth-order valence-corrected chi connectivity index (χ4v) is 1.29. The summed E-state index contributed by atoms with van der Waals surface area (Å²) in [5, 5.41) is 10.5. The predicted octanol–water partition coefficient (Wildman–Crippen LogP) is 2.37. The minimum absolute atomic E-state index is 0.0444. The number of nitrogen functional groups attached to an aromatic ring is 1. The number of non-ortho nitro benzene ring substituents is 1. The van der Waals surface area contributed by atoms with Crippen molar-refractivity contribution in [2.75, 3.05) is 19.5 Å². The van der Waals surface area contributed by atoms with Crippen LogP contribution in [0.4, 0.5) is 11.4 Å². The molecule has 0 heterocycles. The average molecular weight is 254 g/mol. The number of nitro benzene ring substituents is 1. The van der Waals surface area contributed by atoms with Gasteiger partial charge in [-0.3, -0.25) is 10.1 Å². The number of nitro groups is 1. The van der Waals surface area contributed by atoms with Gasteiger partial charge in [0.1, 0.15) is 5.75 Å². The minimum atomic E-state index is -0.492. The summed E-state index contributed by atoms with van der Waals surface area (Å²) >= 11 is 0. The first kappa shape index (κ1) is 14.2. The van der Waals surface area contributed by atoms with E-state index in [-0.39, 0.29) is 17.0 Å². The molecule has 0 atom stereocenters. The van der Waals surface area contributed by atoms with E-state index in [9.17, 15) is 10.1 Å². The summed E-state index contributed by atoms with van der Waals surface area (Å²) in [6.45, 7) is 4.34. The Morgan fingerprint density at radius 1 is 1.44 bits per heavy atom. The molecule has 1 rings (SSSR count). The van der Waals surface area contributed by atoms with E-state index in [1.54, 1.807) is 7.11 Å². The highest BCUT2D eigenvalue weighted by Crippen LogP contribution is 2.26. The van der Waals surface area contributed by atoms with Crippen LogP contribution in [-0.2, 0) is 4.74 Å². The number of ether oxygens (including phenoxy) is 2. The molecule has 6 heteroatoms. The van der Waals surface area contributed by atoms with E-state index in [2.05, 4.69) is 0 Å². The monoisotopic (exact) mass is 254 g/mol. The van der Waals surface area contributed by atoms with Crippen molar-refractivity contribution in [1.82, 2.24) is 0 Å². The fourth-order valence-electron chi connectivity index (χ4n) is 1.29. The van der Waals surface area contributed by atoms with Crippen LogP contribution in [0, 0.1) is 10.1 Å². The lowest BCUT2D eigenvalue weighted by Gasteiger charge is -2.22. The first-order valence-electron chi connectivity index (χ1n) is 5.57. The fraction of sp³-hybridized carbons (Fsp3) is 0.500. The van der Waals surface area contributed by atoms with E-state index in [0.29, 0.717) is 18.8 Å². The van der Waals surface area contributed by atoms with E-state index in [1.165, 1.54) is 18.2 Å². The molecule has 0 aliphatic carbocycles. The van der Waals surface area contributed by atoms with Gasteiger partial charge in [0.25, 0.3) is 5.69 Å². The average Bonchev–Trinajstić information content (AvgIpc) is 2.31. The molecule has 18 heavy (non-hydrogen) atoms. The van der Waals surface area contributed by atoms with Gasteiger partial charge in [0, 0.05) is 25.7 Å². The smallest absolute Gasteiger partial charge is 0.271 e. The lowest BCUT2D eigenvalue weighted by molar-refractivity contribution is -0.384. The van der Waals surface area contributed by atoms with Crippen molar-refractivity contribution in [3.63, 3.8) is 0 Å². The molecule has 0 bridgehead atoms. The Morgan fingerprint density at radius 2 is 2.11 bits per heavy atom. The second-order valence-corrected chi connectivity index (χ2v) is 4.54. The van der Waals surface area contributed by atoms with Gasteiger partial charge in [0.15, 0.2) is 0 Å². The first-order valence-corrected chi connectivity index (χ1v) is 5.57. The van der Waals surface area contributed by atoms with E-state index in [0.717, 1.165) is 0 Å². The second kappa shape index (κ2) is 5.68. The molecule has 0 aliphatic rings. The number of anilines is 1. The Bertz CT molecular complexity index is 432. The maximum absolute atomic E-state index is 10.5. The Balaban J connectivity index is 2.61. The molecule has 100 valence electrons. The van der Waals surface area contributed by atoms with Crippen molar-refractivity contribution in [3.05, 3.63) is 28.3 Å². The predicted molar refractivity (Wildman–Crippen MR) is 68.7 cm³/mol. The van der Waals surface area contributed by atoms with Crippen molar-refractivity contribution < 1.29 is 14.4 Å². The molecular formula is C12H18N2O4. The molecule has 0 saturated heterocycles. The molecule has 1 aromatic carbocycles. The largest absolute Gasteiger partial charge is 0.491 e. The van der Waals surface area contributed by atoms with Crippen LogP contribution in [0.25, 0.3) is 0 Å². The maximum Gasteiger partial charge on any atom is 0.271 e. The number of nitrogens with zero attached hydrogens (tertiary/aromatic N) is 1. The van der Waals surface area contributed by atoms with E-state index in [4.69, 9.17) is 15.2 Å². The van der Waals surface area contributed by atoms with Crippen LogP contribution < -0.4 is 10.5 Å². The summed E-state index contributed by atoms with van der Waals surface area (Å²) in [4.78, 5) is 10.0. The molecule has 0 fully saturated rings. The highest BCUT2D eigenvalue weighted by molar-refractivity contribution is 5.58. The first-order chi connectivity index (χ1) is 8.35. The Kier molecular flexibility index (Phi) is 4.49. The maximum atomic E-state index is 10.5. The van der Waals surface area contributed by atoms with Crippen LogP contribution in [0.2, 0.25) is 0 Å². The molecule has 0 aliphatic heterocycles. The number of nitrogens with two attached hydrogens (primary N) is 1. The molecule has 0 spiro atoms. The van der Waals surface area contributed by atoms with Gasteiger partial charge in [0.05, 0.1) is 22.8 Å². The highest BCUT2D eigenvalue weighted by atomic mass is 16.6. The summed E-state index contributed by atoms with van der Waals surface area (Å²) < 4.78 is 10.7. The van der Waals surface area contributed by atoms with Gasteiger partial charge in [0.2, 0.25) is 0 Å². The number of hydrogen-bond donors (Lipinski definition) is 1. The van der Waals surface area contributed by atoms with Gasteiger partial charge in [-0.2, -0.15) is 0 Å². The van der Waals surface area contributed by atoms with Crippen LogP contribution in [0.5, 0.6) is 5.75 Å². The van der Waals surface area contributed by atoms with Crippen LogP contribution in [-0.4, -0.2) is 24.2 Å². The Morgan fingerprint density at radius 3 is 2.61 bits per heavy atom. The number of hydrogen-bond acceptors (Lipinski definition) is 5. The number of benzene rings is 1. The van der Waals surface area contributed by atoms with Crippen molar-refractivity contribution >= 4 is 11.4 Å².